The van der Waals surface area contributed by atoms with E-state index in [2.05, 4.69) is 32.2 Å². The zero-order valence-electron chi connectivity index (χ0n) is 6.72. The molecule has 1 fully saturated rings. The maximum absolute atomic E-state index is 3.00. The van der Waals surface area contributed by atoms with Crippen LogP contribution in [0, 0.1) is 17.8 Å². The summed E-state index contributed by atoms with van der Waals surface area (Å²) in [6.45, 7) is 8.37. The van der Waals surface area contributed by atoms with E-state index in [1.165, 1.54) is 12.8 Å². The molecule has 0 nitrogen and oxygen atoms in total. The van der Waals surface area contributed by atoms with Gasteiger partial charge in [-0.1, -0.05) is 26.5 Å². The van der Waals surface area contributed by atoms with Crippen molar-refractivity contribution in [2.75, 3.05) is 0 Å². The quantitative estimate of drug-likeness (QED) is 0.465. The molecule has 0 spiro atoms. The van der Waals surface area contributed by atoms with Crippen LogP contribution in [0.5, 0.6) is 0 Å². The molecule has 2 aliphatic carbocycles. The van der Waals surface area contributed by atoms with E-state index in [4.69, 9.17) is 0 Å². The highest BCUT2D eigenvalue weighted by molar-refractivity contribution is 5.08. The van der Waals surface area contributed by atoms with Gasteiger partial charge in [0.2, 0.25) is 0 Å². The first-order valence-electron chi connectivity index (χ1n) is 4.04. The summed E-state index contributed by atoms with van der Waals surface area (Å²) in [7, 11) is 0. The second-order valence-electron chi connectivity index (χ2n) is 3.26. The number of allylic oxidation sites excluding steroid dienone is 2. The SMILES string of the molecule is C.C=C.CC1CC2C=CC1C2. The number of rotatable bonds is 0. The molecule has 1 saturated carbocycles. The summed E-state index contributed by atoms with van der Waals surface area (Å²) in [5, 5.41) is 0. The minimum Gasteiger partial charge on any atom is -0.106 e. The van der Waals surface area contributed by atoms with Gasteiger partial charge in [0, 0.05) is 0 Å². The first kappa shape index (κ1) is 10.5. The van der Waals surface area contributed by atoms with Gasteiger partial charge >= 0.3 is 0 Å². The van der Waals surface area contributed by atoms with E-state index in [-0.39, 0.29) is 7.43 Å². The third kappa shape index (κ3) is 1.95. The van der Waals surface area contributed by atoms with Crippen molar-refractivity contribution in [3.8, 4) is 0 Å². The second-order valence-corrected chi connectivity index (χ2v) is 3.26. The van der Waals surface area contributed by atoms with Crippen molar-refractivity contribution in [2.45, 2.75) is 27.2 Å². The Balaban J connectivity index is 0.000000311. The largest absolute Gasteiger partial charge is 0.106 e. The Labute approximate surface area is 71.0 Å². The molecule has 0 heteroatoms. The van der Waals surface area contributed by atoms with Crippen molar-refractivity contribution in [1.82, 2.24) is 0 Å². The predicted molar refractivity (Wildman–Crippen MR) is 52.5 cm³/mol. The molecule has 0 saturated heterocycles. The summed E-state index contributed by atoms with van der Waals surface area (Å²) in [5.74, 6) is 2.92. The molecule has 3 atom stereocenters. The Hall–Kier alpha value is -0.520. The molecule has 0 aromatic rings. The lowest BCUT2D eigenvalue weighted by Gasteiger charge is -2.09. The van der Waals surface area contributed by atoms with Crippen molar-refractivity contribution in [2.24, 2.45) is 17.8 Å². The van der Waals surface area contributed by atoms with E-state index >= 15 is 0 Å². The van der Waals surface area contributed by atoms with Crippen molar-refractivity contribution in [1.29, 1.82) is 0 Å². The zero-order chi connectivity index (χ0) is 7.56. The molecule has 0 aromatic carbocycles. The maximum Gasteiger partial charge on any atom is -0.0202 e. The van der Waals surface area contributed by atoms with E-state index in [0.29, 0.717) is 0 Å². The van der Waals surface area contributed by atoms with Crippen LogP contribution in [0.3, 0.4) is 0 Å². The zero-order valence-corrected chi connectivity index (χ0v) is 6.72. The average Bonchev–Trinajstić information content (AvgIpc) is 2.52. The Bertz CT molecular complexity index is 135. The summed E-state index contributed by atoms with van der Waals surface area (Å²) in [4.78, 5) is 0. The number of hydrogen-bond donors (Lipinski definition) is 0. The van der Waals surface area contributed by atoms with E-state index in [9.17, 15) is 0 Å². The number of fused-ring (bicyclic) bond motifs is 2. The van der Waals surface area contributed by atoms with E-state index in [1.54, 1.807) is 0 Å². The van der Waals surface area contributed by atoms with Crippen LogP contribution in [0.1, 0.15) is 27.2 Å². The first-order valence-corrected chi connectivity index (χ1v) is 4.04. The van der Waals surface area contributed by atoms with E-state index in [1.807, 2.05) is 0 Å². The minimum atomic E-state index is 0. The summed E-state index contributed by atoms with van der Waals surface area (Å²) in [6, 6.07) is 0. The Kier molecular flexibility index (Phi) is 4.17. The van der Waals surface area contributed by atoms with Gasteiger partial charge in [0.05, 0.1) is 0 Å². The maximum atomic E-state index is 3.00. The Morgan fingerprint density at radius 2 is 1.82 bits per heavy atom. The van der Waals surface area contributed by atoms with Crippen molar-refractivity contribution < 1.29 is 0 Å². The van der Waals surface area contributed by atoms with Gasteiger partial charge in [0.15, 0.2) is 0 Å². The fourth-order valence-corrected chi connectivity index (χ4v) is 2.06. The van der Waals surface area contributed by atoms with Gasteiger partial charge in [0.25, 0.3) is 0 Å². The van der Waals surface area contributed by atoms with E-state index < -0.39 is 0 Å². The topological polar surface area (TPSA) is 0 Å². The van der Waals surface area contributed by atoms with Crippen LogP contribution in [0.4, 0.5) is 0 Å². The van der Waals surface area contributed by atoms with Crippen LogP contribution in [0.2, 0.25) is 0 Å². The Morgan fingerprint density at radius 3 is 2.00 bits per heavy atom. The average molecular weight is 152 g/mol. The predicted octanol–water partition coefficient (Wildman–Crippen LogP) is 3.66. The Morgan fingerprint density at radius 1 is 1.18 bits per heavy atom. The van der Waals surface area contributed by atoms with Gasteiger partial charge in [-0.2, -0.15) is 0 Å². The third-order valence-electron chi connectivity index (χ3n) is 2.61. The van der Waals surface area contributed by atoms with Gasteiger partial charge in [-0.05, 0) is 30.6 Å². The van der Waals surface area contributed by atoms with Crippen LogP contribution in [0.25, 0.3) is 0 Å². The number of hydrogen-bond acceptors (Lipinski definition) is 0. The van der Waals surface area contributed by atoms with Crippen LogP contribution in [0.15, 0.2) is 25.3 Å². The molecule has 11 heavy (non-hydrogen) atoms. The second kappa shape index (κ2) is 4.38. The third-order valence-corrected chi connectivity index (χ3v) is 2.61. The van der Waals surface area contributed by atoms with Crippen LogP contribution in [-0.2, 0) is 0 Å². The first-order chi connectivity index (χ1) is 4.86. The molecule has 0 aliphatic heterocycles. The van der Waals surface area contributed by atoms with Crippen molar-refractivity contribution >= 4 is 0 Å². The van der Waals surface area contributed by atoms with Crippen molar-refractivity contribution in [3.63, 3.8) is 0 Å². The van der Waals surface area contributed by atoms with Crippen LogP contribution < -0.4 is 0 Å². The lowest BCUT2D eigenvalue weighted by Crippen LogP contribution is -1.99. The van der Waals surface area contributed by atoms with Gasteiger partial charge in [0.1, 0.15) is 0 Å². The standard InChI is InChI=1S/C8H12.C2H4.CH4/c1-6-4-7-2-3-8(6)5-7;1-2;/h2-3,6-8H,4-5H2,1H3;1-2H2;1H4. The molecule has 0 aromatic heterocycles. The highest BCUT2D eigenvalue weighted by Crippen LogP contribution is 2.42. The highest BCUT2D eigenvalue weighted by atomic mass is 14.4. The lowest BCUT2D eigenvalue weighted by atomic mass is 9.96. The monoisotopic (exact) mass is 152 g/mol. The molecule has 2 bridgehead atoms. The molecule has 0 amide bonds. The molecule has 2 rings (SSSR count). The normalized spacial score (nSPS) is 37.4. The molecule has 0 radical (unpaired) electrons. The van der Waals surface area contributed by atoms with Gasteiger partial charge < -0.3 is 0 Å². The summed E-state index contributed by atoms with van der Waals surface area (Å²) in [6.07, 6.45) is 7.71. The van der Waals surface area contributed by atoms with Gasteiger partial charge in [-0.15, -0.1) is 13.2 Å². The summed E-state index contributed by atoms with van der Waals surface area (Å²) in [5.41, 5.74) is 0. The molecular weight excluding hydrogens is 132 g/mol. The summed E-state index contributed by atoms with van der Waals surface area (Å²) >= 11 is 0. The summed E-state index contributed by atoms with van der Waals surface area (Å²) < 4.78 is 0. The molecule has 0 N–H and O–H groups in total. The molecule has 2 aliphatic rings. The molecular formula is C11H20. The van der Waals surface area contributed by atoms with Gasteiger partial charge in [-0.25, -0.2) is 0 Å². The van der Waals surface area contributed by atoms with Crippen molar-refractivity contribution in [3.05, 3.63) is 25.3 Å². The molecule has 64 valence electrons. The fourth-order valence-electron chi connectivity index (χ4n) is 2.06. The minimum absolute atomic E-state index is 0. The van der Waals surface area contributed by atoms with Crippen LogP contribution >= 0.6 is 0 Å². The molecule has 0 heterocycles. The van der Waals surface area contributed by atoms with E-state index in [0.717, 1.165) is 17.8 Å². The lowest BCUT2D eigenvalue weighted by molar-refractivity contribution is 0.493. The smallest absolute Gasteiger partial charge is 0.0202 e. The van der Waals surface area contributed by atoms with Gasteiger partial charge in [-0.3, -0.25) is 0 Å². The fraction of sp³-hybridized carbons (Fsp3) is 0.636. The van der Waals surface area contributed by atoms with Crippen LogP contribution in [-0.4, -0.2) is 0 Å². The highest BCUT2D eigenvalue weighted by Gasteiger charge is 2.32. The molecule has 3 unspecified atom stereocenters.